The number of alkyl halides is 3. The summed E-state index contributed by atoms with van der Waals surface area (Å²) >= 11 is 0. The van der Waals surface area contributed by atoms with E-state index < -0.39 is 21.8 Å². The molecule has 1 heterocycles. The van der Waals surface area contributed by atoms with E-state index in [1.807, 2.05) is 31.2 Å². The molecule has 0 aliphatic rings. The van der Waals surface area contributed by atoms with Gasteiger partial charge in [-0.3, -0.25) is 4.98 Å². The van der Waals surface area contributed by atoms with Crippen LogP contribution in [0.25, 0.3) is 22.0 Å². The zero-order valence-electron chi connectivity index (χ0n) is 17.6. The van der Waals surface area contributed by atoms with Crippen molar-refractivity contribution >= 4 is 20.9 Å². The van der Waals surface area contributed by atoms with Crippen LogP contribution in [0.1, 0.15) is 11.3 Å². The molecule has 0 radical (unpaired) electrons. The van der Waals surface area contributed by atoms with Gasteiger partial charge in [-0.15, -0.1) is 0 Å². The smallest absolute Gasteiger partial charge is 0.416 e. The van der Waals surface area contributed by atoms with Crippen molar-refractivity contribution in [2.75, 3.05) is 7.05 Å². The average Bonchev–Trinajstić information content (AvgIpc) is 2.78. The number of pyridine rings is 1. The Balaban J connectivity index is 1.81. The van der Waals surface area contributed by atoms with Crippen LogP contribution in [0, 0.1) is 6.92 Å². The number of aryl methyl sites for hydroxylation is 1. The average molecular weight is 472 g/mol. The predicted octanol–water partition coefficient (Wildman–Crippen LogP) is 5.93. The number of nitrogens with one attached hydrogen (secondary N) is 1. The Kier molecular flexibility index (Phi) is 5.85. The number of hydrogen-bond donors (Lipinski definition) is 1. The maximum atomic E-state index is 12.9. The van der Waals surface area contributed by atoms with Crippen LogP contribution in [-0.4, -0.2) is 20.4 Å². The Labute approximate surface area is 188 Å². The van der Waals surface area contributed by atoms with Crippen molar-refractivity contribution < 1.29 is 26.3 Å². The molecule has 1 N–H and O–H groups in total. The number of fused-ring (bicyclic) bond motifs is 1. The van der Waals surface area contributed by atoms with Crippen molar-refractivity contribution in [3.63, 3.8) is 0 Å². The van der Waals surface area contributed by atoms with E-state index in [0.29, 0.717) is 16.9 Å². The Morgan fingerprint density at radius 3 is 2.30 bits per heavy atom. The van der Waals surface area contributed by atoms with Crippen LogP contribution in [0.3, 0.4) is 0 Å². The maximum Gasteiger partial charge on any atom is 0.416 e. The van der Waals surface area contributed by atoms with Crippen molar-refractivity contribution in [1.29, 1.82) is 0 Å². The van der Waals surface area contributed by atoms with E-state index in [9.17, 15) is 21.6 Å². The number of rotatable bonds is 5. The molecule has 0 atom stereocenters. The molecule has 0 saturated carbocycles. The van der Waals surface area contributed by atoms with Crippen LogP contribution in [0.2, 0.25) is 0 Å². The molecule has 0 bridgehead atoms. The number of nitrogens with zero attached hydrogens (tertiary/aromatic N) is 1. The third-order valence-corrected chi connectivity index (χ3v) is 6.49. The maximum absolute atomic E-state index is 12.9. The van der Waals surface area contributed by atoms with E-state index in [1.54, 1.807) is 6.07 Å². The van der Waals surface area contributed by atoms with Gasteiger partial charge in [0.2, 0.25) is 10.0 Å². The van der Waals surface area contributed by atoms with E-state index in [4.69, 9.17) is 4.74 Å². The summed E-state index contributed by atoms with van der Waals surface area (Å²) in [5.41, 5.74) is 1.99. The minimum Gasteiger partial charge on any atom is -0.457 e. The van der Waals surface area contributed by atoms with Gasteiger partial charge < -0.3 is 4.74 Å². The quantitative estimate of drug-likeness (QED) is 0.391. The van der Waals surface area contributed by atoms with Gasteiger partial charge in [-0.2, -0.15) is 13.2 Å². The third-order valence-electron chi connectivity index (χ3n) is 5.08. The zero-order valence-corrected chi connectivity index (χ0v) is 18.5. The Hall–Kier alpha value is -3.43. The molecule has 0 amide bonds. The van der Waals surface area contributed by atoms with Gasteiger partial charge >= 0.3 is 6.18 Å². The molecule has 3 aromatic carbocycles. The molecule has 170 valence electrons. The first-order chi connectivity index (χ1) is 15.6. The van der Waals surface area contributed by atoms with Crippen LogP contribution >= 0.6 is 0 Å². The number of halogens is 3. The summed E-state index contributed by atoms with van der Waals surface area (Å²) in [7, 11) is -2.42. The van der Waals surface area contributed by atoms with Gasteiger partial charge in [0.25, 0.3) is 0 Å². The summed E-state index contributed by atoms with van der Waals surface area (Å²) in [6.45, 7) is 1.88. The summed E-state index contributed by atoms with van der Waals surface area (Å²) in [5, 5.41) is 0.848. The van der Waals surface area contributed by atoms with Crippen molar-refractivity contribution in [2.45, 2.75) is 18.0 Å². The molecule has 33 heavy (non-hydrogen) atoms. The fourth-order valence-corrected chi connectivity index (χ4v) is 4.10. The van der Waals surface area contributed by atoms with Crippen molar-refractivity contribution in [1.82, 2.24) is 9.71 Å². The molecular weight excluding hydrogens is 453 g/mol. The van der Waals surface area contributed by atoms with Gasteiger partial charge in [0.05, 0.1) is 16.0 Å². The Morgan fingerprint density at radius 1 is 0.909 bits per heavy atom. The van der Waals surface area contributed by atoms with E-state index >= 15 is 0 Å². The number of sulfonamides is 1. The first-order valence-corrected chi connectivity index (χ1v) is 11.4. The van der Waals surface area contributed by atoms with Gasteiger partial charge in [-0.1, -0.05) is 12.1 Å². The molecule has 0 spiro atoms. The summed E-state index contributed by atoms with van der Waals surface area (Å²) < 4.78 is 71.5. The van der Waals surface area contributed by atoms with Crippen molar-refractivity contribution in [3.05, 3.63) is 84.1 Å². The summed E-state index contributed by atoms with van der Waals surface area (Å²) in [4.78, 5) is 4.50. The number of aromatic nitrogens is 1. The summed E-state index contributed by atoms with van der Waals surface area (Å²) in [6, 6.07) is 17.9. The fourth-order valence-electron chi connectivity index (χ4n) is 3.34. The first kappa shape index (κ1) is 22.8. The fraction of sp³-hybridized carbons (Fsp3) is 0.125. The normalized spacial score (nSPS) is 12.2. The first-order valence-electron chi connectivity index (χ1n) is 9.87. The lowest BCUT2D eigenvalue weighted by atomic mass is 10.0. The van der Waals surface area contributed by atoms with Gasteiger partial charge in [-0.05, 0) is 80.2 Å². The highest BCUT2D eigenvalue weighted by molar-refractivity contribution is 7.89. The van der Waals surface area contributed by atoms with E-state index in [-0.39, 0.29) is 10.6 Å². The van der Waals surface area contributed by atoms with Crippen LogP contribution in [0.5, 0.6) is 11.5 Å². The van der Waals surface area contributed by atoms with Gasteiger partial charge in [0, 0.05) is 16.6 Å². The van der Waals surface area contributed by atoms with Crippen molar-refractivity contribution in [2.24, 2.45) is 0 Å². The molecule has 1 aromatic heterocycles. The molecule has 5 nitrogen and oxygen atoms in total. The highest BCUT2D eigenvalue weighted by Crippen LogP contribution is 2.37. The minimum atomic E-state index is -4.45. The molecule has 0 saturated heterocycles. The molecule has 4 rings (SSSR count). The molecular formula is C24H19F3N2O3S. The predicted molar refractivity (Wildman–Crippen MR) is 120 cm³/mol. The van der Waals surface area contributed by atoms with Crippen LogP contribution in [-0.2, 0) is 16.2 Å². The second-order valence-corrected chi connectivity index (χ2v) is 9.24. The largest absolute Gasteiger partial charge is 0.457 e. The lowest BCUT2D eigenvalue weighted by Crippen LogP contribution is -2.18. The zero-order chi connectivity index (χ0) is 23.8. The van der Waals surface area contributed by atoms with E-state index in [1.165, 1.54) is 37.4 Å². The molecule has 0 fully saturated rings. The summed E-state index contributed by atoms with van der Waals surface area (Å²) in [5.74, 6) is 0.482. The second kappa shape index (κ2) is 8.49. The number of hydrogen-bond acceptors (Lipinski definition) is 4. The van der Waals surface area contributed by atoms with E-state index in [2.05, 4.69) is 9.71 Å². The van der Waals surface area contributed by atoms with Crippen LogP contribution in [0.15, 0.2) is 77.7 Å². The van der Waals surface area contributed by atoms with Gasteiger partial charge in [0.1, 0.15) is 11.5 Å². The monoisotopic (exact) mass is 472 g/mol. The number of benzene rings is 3. The molecule has 0 aliphatic carbocycles. The van der Waals surface area contributed by atoms with E-state index in [0.717, 1.165) is 28.7 Å². The molecule has 9 heteroatoms. The van der Waals surface area contributed by atoms with Crippen LogP contribution < -0.4 is 9.46 Å². The highest BCUT2D eigenvalue weighted by Gasteiger charge is 2.30. The summed E-state index contributed by atoms with van der Waals surface area (Å²) in [6.07, 6.45) is -4.45. The van der Waals surface area contributed by atoms with Crippen molar-refractivity contribution in [3.8, 4) is 22.6 Å². The third kappa shape index (κ3) is 4.84. The lowest BCUT2D eigenvalue weighted by Gasteiger charge is -2.15. The molecule has 4 aromatic rings. The Bertz CT molecular complexity index is 1430. The highest BCUT2D eigenvalue weighted by atomic mass is 32.2. The van der Waals surface area contributed by atoms with Gasteiger partial charge in [0.15, 0.2) is 0 Å². The lowest BCUT2D eigenvalue weighted by molar-refractivity contribution is -0.137. The standard InChI is InChI=1S/C24H19F3N2O3S/c1-15-3-4-17-13-16(5-11-22(17)29-15)21-14-20(33(30,31)28-2)10-12-23(21)32-19-8-6-18(7-9-19)24(25,26)27/h3-14,28H,1-2H3. The minimum absolute atomic E-state index is 0.0295. The van der Waals surface area contributed by atoms with Gasteiger partial charge in [-0.25, -0.2) is 13.1 Å². The Morgan fingerprint density at radius 2 is 1.64 bits per heavy atom. The number of ether oxygens (including phenoxy) is 1. The SMILES string of the molecule is CNS(=O)(=O)c1ccc(Oc2ccc(C(F)(F)F)cc2)c(-c2ccc3nc(C)ccc3c2)c1. The molecule has 0 aliphatic heterocycles. The topological polar surface area (TPSA) is 68.3 Å². The second-order valence-electron chi connectivity index (χ2n) is 7.35. The molecule has 0 unspecified atom stereocenters. The van der Waals surface area contributed by atoms with Crippen LogP contribution in [0.4, 0.5) is 13.2 Å².